The molecule has 1 aliphatic heterocycles. The third kappa shape index (κ3) is 1.92. The first-order valence-electron chi connectivity index (χ1n) is 5.01. The maximum Gasteiger partial charge on any atom is 0.100 e. The first kappa shape index (κ1) is 9.97. The third-order valence-corrected chi connectivity index (χ3v) is 3.16. The molecule has 0 aliphatic carbocycles. The summed E-state index contributed by atoms with van der Waals surface area (Å²) in [6.45, 7) is 2.00. The van der Waals surface area contributed by atoms with E-state index in [1.807, 2.05) is 24.3 Å². The topological polar surface area (TPSA) is 36.8 Å². The van der Waals surface area contributed by atoms with Gasteiger partial charge in [-0.25, -0.2) is 0 Å². The smallest absolute Gasteiger partial charge is 0.100 e. The summed E-state index contributed by atoms with van der Waals surface area (Å²) in [5.41, 5.74) is 0.370. The third-order valence-electron chi connectivity index (χ3n) is 2.91. The molecule has 0 amide bonds. The predicted octanol–water partition coefficient (Wildman–Crippen LogP) is 0.885. The average molecular weight is 213 g/mol. The molecule has 1 aliphatic rings. The first-order chi connectivity index (χ1) is 6.71. The molecule has 0 saturated carbocycles. The molecule has 1 aromatic carbocycles. The zero-order chi connectivity index (χ0) is 10.0. The molecule has 0 spiro atoms. The van der Waals surface area contributed by atoms with Crippen molar-refractivity contribution in [2.24, 2.45) is 0 Å². The predicted molar refractivity (Wildman–Crippen MR) is 56.2 cm³/mol. The molecule has 2 rings (SSSR count). The summed E-state index contributed by atoms with van der Waals surface area (Å²) in [5.74, 6) is 0. The molecular formula is C11H15ClNO+. The quantitative estimate of drug-likeness (QED) is 0.713. The molecular weight excluding hydrogens is 198 g/mol. The van der Waals surface area contributed by atoms with Crippen LogP contribution in [0.15, 0.2) is 24.3 Å². The van der Waals surface area contributed by atoms with Gasteiger partial charge in [0.2, 0.25) is 0 Å². The number of benzene rings is 1. The second-order valence-corrected chi connectivity index (χ2v) is 4.34. The molecule has 0 radical (unpaired) electrons. The van der Waals surface area contributed by atoms with Crippen LogP contribution < -0.4 is 5.32 Å². The van der Waals surface area contributed by atoms with Crippen molar-refractivity contribution < 1.29 is 10.4 Å². The van der Waals surface area contributed by atoms with Crippen molar-refractivity contribution in [3.63, 3.8) is 0 Å². The van der Waals surface area contributed by atoms with E-state index in [0.717, 1.165) is 36.5 Å². The van der Waals surface area contributed by atoms with Crippen molar-refractivity contribution in [2.45, 2.75) is 18.4 Å². The maximum absolute atomic E-state index is 10.4. The van der Waals surface area contributed by atoms with Crippen molar-refractivity contribution in [1.29, 1.82) is 0 Å². The van der Waals surface area contributed by atoms with Crippen LogP contribution in [0.5, 0.6) is 0 Å². The fraction of sp³-hybridized carbons (Fsp3) is 0.455. The molecule has 1 heterocycles. The van der Waals surface area contributed by atoms with E-state index in [2.05, 4.69) is 5.32 Å². The highest BCUT2D eigenvalue weighted by Crippen LogP contribution is 2.29. The van der Waals surface area contributed by atoms with Crippen LogP contribution in [-0.2, 0) is 5.60 Å². The molecule has 14 heavy (non-hydrogen) atoms. The van der Waals surface area contributed by atoms with Crippen molar-refractivity contribution in [3.05, 3.63) is 34.9 Å². The van der Waals surface area contributed by atoms with Crippen molar-refractivity contribution in [2.75, 3.05) is 13.1 Å². The minimum Gasteiger partial charge on any atom is -0.385 e. The first-order valence-corrected chi connectivity index (χ1v) is 5.39. The largest absolute Gasteiger partial charge is 0.385 e. The number of nitrogens with two attached hydrogens (primary N) is 1. The van der Waals surface area contributed by atoms with E-state index in [0.29, 0.717) is 0 Å². The Balaban J connectivity index is 2.23. The zero-order valence-electron chi connectivity index (χ0n) is 8.04. The molecule has 1 fully saturated rings. The van der Waals surface area contributed by atoms with E-state index >= 15 is 0 Å². The van der Waals surface area contributed by atoms with Crippen LogP contribution in [-0.4, -0.2) is 18.2 Å². The van der Waals surface area contributed by atoms with Crippen molar-refractivity contribution >= 4 is 11.6 Å². The van der Waals surface area contributed by atoms with Gasteiger partial charge in [0.25, 0.3) is 0 Å². The van der Waals surface area contributed by atoms with Gasteiger partial charge in [0.05, 0.1) is 13.1 Å². The van der Waals surface area contributed by atoms with Gasteiger partial charge in [0, 0.05) is 17.9 Å². The average Bonchev–Trinajstić information content (AvgIpc) is 2.19. The summed E-state index contributed by atoms with van der Waals surface area (Å²) in [6.07, 6.45) is 1.66. The normalized spacial score (nSPS) is 20.7. The molecule has 3 N–H and O–H groups in total. The van der Waals surface area contributed by atoms with Gasteiger partial charge in [-0.1, -0.05) is 23.7 Å². The molecule has 0 aromatic heterocycles. The number of piperidine rings is 1. The van der Waals surface area contributed by atoms with Crippen LogP contribution in [0.4, 0.5) is 0 Å². The van der Waals surface area contributed by atoms with E-state index in [1.165, 1.54) is 0 Å². The van der Waals surface area contributed by atoms with Gasteiger partial charge in [-0.05, 0) is 17.7 Å². The van der Waals surface area contributed by atoms with Gasteiger partial charge in [0.1, 0.15) is 5.60 Å². The summed E-state index contributed by atoms with van der Waals surface area (Å²) >= 11 is 5.81. The number of hydrogen-bond acceptors (Lipinski definition) is 1. The van der Waals surface area contributed by atoms with Crippen molar-refractivity contribution in [1.82, 2.24) is 0 Å². The Morgan fingerprint density at radius 2 is 1.71 bits per heavy atom. The summed E-state index contributed by atoms with van der Waals surface area (Å²) in [4.78, 5) is 0. The van der Waals surface area contributed by atoms with Crippen LogP contribution in [0.2, 0.25) is 5.02 Å². The van der Waals surface area contributed by atoms with Crippen LogP contribution in [0.25, 0.3) is 0 Å². The Bertz CT molecular complexity index is 304. The van der Waals surface area contributed by atoms with E-state index < -0.39 is 5.60 Å². The van der Waals surface area contributed by atoms with Gasteiger partial charge in [-0.15, -0.1) is 0 Å². The molecule has 0 atom stereocenters. The fourth-order valence-electron chi connectivity index (χ4n) is 2.00. The van der Waals surface area contributed by atoms with E-state index in [-0.39, 0.29) is 0 Å². The molecule has 76 valence electrons. The summed E-state index contributed by atoms with van der Waals surface area (Å²) in [6, 6.07) is 7.53. The standard InChI is InChI=1S/C11H14ClNO/c12-10-3-1-9(2-4-10)11(14)5-7-13-8-6-11/h1-4,13-14H,5-8H2/p+1. The zero-order valence-corrected chi connectivity index (χ0v) is 8.80. The Labute approximate surface area is 88.9 Å². The van der Waals surface area contributed by atoms with Gasteiger partial charge < -0.3 is 10.4 Å². The minimum atomic E-state index is -0.626. The SMILES string of the molecule is OC1(c2ccc(Cl)cc2)CC[NH2+]CC1. The monoisotopic (exact) mass is 212 g/mol. The number of halogens is 1. The lowest BCUT2D eigenvalue weighted by molar-refractivity contribution is -0.669. The molecule has 0 bridgehead atoms. The van der Waals surface area contributed by atoms with Crippen LogP contribution in [0, 0.1) is 0 Å². The Morgan fingerprint density at radius 1 is 1.14 bits per heavy atom. The highest BCUT2D eigenvalue weighted by Gasteiger charge is 2.32. The number of rotatable bonds is 1. The lowest BCUT2D eigenvalue weighted by Crippen LogP contribution is -2.87. The van der Waals surface area contributed by atoms with Gasteiger partial charge in [-0.3, -0.25) is 0 Å². The van der Waals surface area contributed by atoms with Crippen LogP contribution in [0.1, 0.15) is 18.4 Å². The lowest BCUT2D eigenvalue weighted by Gasteiger charge is -2.31. The Kier molecular flexibility index (Phi) is 2.77. The second-order valence-electron chi connectivity index (χ2n) is 3.90. The summed E-state index contributed by atoms with van der Waals surface area (Å²) in [7, 11) is 0. The number of hydrogen-bond donors (Lipinski definition) is 2. The molecule has 0 unspecified atom stereocenters. The number of aliphatic hydroxyl groups is 1. The van der Waals surface area contributed by atoms with Gasteiger partial charge >= 0.3 is 0 Å². The second kappa shape index (κ2) is 3.89. The molecule has 1 saturated heterocycles. The van der Waals surface area contributed by atoms with E-state index in [4.69, 9.17) is 11.6 Å². The summed E-state index contributed by atoms with van der Waals surface area (Å²) < 4.78 is 0. The van der Waals surface area contributed by atoms with Gasteiger partial charge in [-0.2, -0.15) is 0 Å². The van der Waals surface area contributed by atoms with Gasteiger partial charge in [0.15, 0.2) is 0 Å². The van der Waals surface area contributed by atoms with Crippen LogP contribution in [0.3, 0.4) is 0 Å². The molecule has 3 heteroatoms. The Hall–Kier alpha value is -0.570. The minimum absolute atomic E-state index is 0.626. The number of quaternary nitrogens is 1. The highest BCUT2D eigenvalue weighted by molar-refractivity contribution is 6.30. The Morgan fingerprint density at radius 3 is 2.29 bits per heavy atom. The van der Waals surface area contributed by atoms with E-state index in [9.17, 15) is 5.11 Å². The maximum atomic E-state index is 10.4. The molecule has 2 nitrogen and oxygen atoms in total. The fourth-order valence-corrected chi connectivity index (χ4v) is 2.13. The van der Waals surface area contributed by atoms with Crippen molar-refractivity contribution in [3.8, 4) is 0 Å². The highest BCUT2D eigenvalue weighted by atomic mass is 35.5. The molecule has 1 aromatic rings. The van der Waals surface area contributed by atoms with Crippen LogP contribution >= 0.6 is 11.6 Å². The van der Waals surface area contributed by atoms with E-state index in [1.54, 1.807) is 0 Å². The summed E-state index contributed by atoms with van der Waals surface area (Å²) in [5, 5.41) is 13.3. The lowest BCUT2D eigenvalue weighted by atomic mass is 9.85.